The number of hydrogen-bond donors (Lipinski definition) is 11. The molecule has 3 atom stereocenters. The van der Waals surface area contributed by atoms with E-state index in [1.807, 2.05) is 115 Å². The highest BCUT2D eigenvalue weighted by atomic mass is 16.6. The highest BCUT2D eigenvalue weighted by Crippen LogP contribution is 2.46. The van der Waals surface area contributed by atoms with Gasteiger partial charge in [-0.2, -0.15) is 0 Å². The Bertz CT molecular complexity index is 5660. The van der Waals surface area contributed by atoms with Gasteiger partial charge in [0.05, 0.1) is 69.3 Å². The standard InChI is InChI=1S/C92H101N17O17/c1-57(110)101-74(47-82(116)117)86(119)95-48-78(112)98-55-109-81(115)34-41-108(90(109)122)75-45-59(25-30-76(75)123-4)18-15-37-100-91(2)35-42-106(43-36-91)62-32-39-107(40-33-62)88-103-72-29-26-60(70-52-105(3)87(120)83-68(70)31-38-93-83)46-69(72)84(104-88)92(126-63-27-28-63,61-19-9-6-10-20-61)54-124-56-99-79(113)49-96-85(118)73(44-58-16-7-5-8-17-58)102-80(114)51-94-77(111)50-97-89(121)125-53-71-66-23-13-11-21-64(66)65-22-12-14-24-67(65)71/h5-14,16-17,19-26,29-31,38,45-46,52,62-63,71,73-74,93,100H,27-28,32-37,39-44,47-51,53-56H2,1-4H3,(H,94,111)(H,95,119)(H,96,118)(H,97,121)(H,98,112)(H,99,113)(H,101,110)(H,102,114)(H,116,117)/t73-,74-,92-/m0/s1. The van der Waals surface area contributed by atoms with E-state index in [0.29, 0.717) is 70.3 Å². The number of piperidine rings is 2. The fourth-order valence-corrected chi connectivity index (χ4v) is 16.5. The van der Waals surface area contributed by atoms with E-state index < -0.39 is 122 Å². The number of imide groups is 1. The number of aromatic nitrogens is 4. The van der Waals surface area contributed by atoms with Gasteiger partial charge >= 0.3 is 18.1 Å². The van der Waals surface area contributed by atoms with Crippen LogP contribution in [0.2, 0.25) is 0 Å². The predicted molar refractivity (Wildman–Crippen MR) is 466 cm³/mol. The average Bonchev–Trinajstić information content (AvgIpc) is 1.46. The molecule has 0 bridgehead atoms. The van der Waals surface area contributed by atoms with Crippen LogP contribution in [0.1, 0.15) is 105 Å². The third kappa shape index (κ3) is 21.5. The second kappa shape index (κ2) is 40.2. The molecule has 3 aliphatic heterocycles. The van der Waals surface area contributed by atoms with Crippen LogP contribution in [0.15, 0.2) is 169 Å². The molecule has 0 spiro atoms. The Morgan fingerprint density at radius 3 is 2.02 bits per heavy atom. The summed E-state index contributed by atoms with van der Waals surface area (Å²) in [6.45, 7) is 3.57. The monoisotopic (exact) mass is 1720 g/mol. The smallest absolute Gasteiger partial charge is 0.407 e. The summed E-state index contributed by atoms with van der Waals surface area (Å²) in [4.78, 5) is 177. The van der Waals surface area contributed by atoms with Gasteiger partial charge < -0.3 is 91.3 Å². The van der Waals surface area contributed by atoms with Crippen LogP contribution in [0.3, 0.4) is 0 Å². The lowest BCUT2D eigenvalue weighted by Crippen LogP contribution is -2.56. The van der Waals surface area contributed by atoms with Crippen molar-refractivity contribution < 1.29 is 76.8 Å². The summed E-state index contributed by atoms with van der Waals surface area (Å²) < 4.78 is 26.7. The molecule has 3 saturated heterocycles. The van der Waals surface area contributed by atoms with Crippen LogP contribution >= 0.6 is 0 Å². The number of benzene rings is 6. The van der Waals surface area contributed by atoms with Crippen molar-refractivity contribution in [3.8, 4) is 39.8 Å². The Kier molecular flexibility index (Phi) is 28.2. The average molecular weight is 1720 g/mol. The van der Waals surface area contributed by atoms with Crippen LogP contribution in [0.25, 0.3) is 44.1 Å². The first-order valence-corrected chi connectivity index (χ1v) is 42.0. The summed E-state index contributed by atoms with van der Waals surface area (Å²) in [5, 5.41) is 34.3. The molecule has 0 radical (unpaired) electrons. The van der Waals surface area contributed by atoms with Gasteiger partial charge in [0, 0.05) is 111 Å². The largest absolute Gasteiger partial charge is 0.495 e. The molecular formula is C92H101N17O17. The van der Waals surface area contributed by atoms with E-state index in [9.17, 15) is 62.6 Å². The van der Waals surface area contributed by atoms with E-state index in [1.54, 1.807) is 60.3 Å². The molecule has 34 heteroatoms. The van der Waals surface area contributed by atoms with E-state index in [2.05, 4.69) is 81.4 Å². The van der Waals surface area contributed by atoms with E-state index in [4.69, 9.17) is 28.9 Å². The van der Waals surface area contributed by atoms with Crippen LogP contribution in [0.4, 0.5) is 21.2 Å². The summed E-state index contributed by atoms with van der Waals surface area (Å²) in [5.74, 6) is 0.239. The van der Waals surface area contributed by atoms with Gasteiger partial charge in [-0.1, -0.05) is 127 Å². The second-order valence-corrected chi connectivity index (χ2v) is 32.1. The number of alkyl carbamates (subject to hydrolysis) is 1. The van der Waals surface area contributed by atoms with Gasteiger partial charge in [0.2, 0.25) is 53.2 Å². The summed E-state index contributed by atoms with van der Waals surface area (Å²) in [6, 6.07) is 44.5. The molecule has 1 saturated carbocycles. The van der Waals surface area contributed by atoms with Crippen LogP contribution in [0.5, 0.6) is 5.75 Å². The maximum Gasteiger partial charge on any atom is 0.407 e. The van der Waals surface area contributed by atoms with Gasteiger partial charge in [0.15, 0.2) is 5.60 Å². The molecule has 126 heavy (non-hydrogen) atoms. The molecule has 2 aliphatic carbocycles. The minimum Gasteiger partial charge on any atom is -0.495 e. The Labute approximate surface area is 726 Å². The number of amides is 11. The molecule has 34 nitrogen and oxygen atoms in total. The number of carboxylic acids is 1. The van der Waals surface area contributed by atoms with Crippen LogP contribution < -0.4 is 67.9 Å². The number of H-pyrrole nitrogens is 1. The Morgan fingerprint density at radius 1 is 0.675 bits per heavy atom. The van der Waals surface area contributed by atoms with Crippen molar-refractivity contribution >= 4 is 98.8 Å². The molecule has 11 N–H and O–H groups in total. The van der Waals surface area contributed by atoms with Crippen LogP contribution in [0, 0.1) is 11.8 Å². The lowest BCUT2D eigenvalue weighted by atomic mass is 9.87. The predicted octanol–water partition coefficient (Wildman–Crippen LogP) is 5.29. The molecule has 4 fully saturated rings. The van der Waals surface area contributed by atoms with Gasteiger partial charge in [0.1, 0.15) is 49.9 Å². The maximum absolute atomic E-state index is 14.1. The third-order valence-corrected chi connectivity index (χ3v) is 23.3. The number of nitrogens with one attached hydrogen (secondary N) is 10. The molecule has 656 valence electrons. The molecular weight excluding hydrogens is 1620 g/mol. The first-order valence-electron chi connectivity index (χ1n) is 42.0. The summed E-state index contributed by atoms with van der Waals surface area (Å²) in [7, 11) is 3.17. The first-order chi connectivity index (χ1) is 60.9. The third-order valence-electron chi connectivity index (χ3n) is 23.3. The second-order valence-electron chi connectivity index (χ2n) is 32.1. The highest BCUT2D eigenvalue weighted by Gasteiger charge is 2.46. The van der Waals surface area contributed by atoms with Crippen molar-refractivity contribution in [1.29, 1.82) is 0 Å². The van der Waals surface area contributed by atoms with E-state index in [1.165, 1.54) is 12.0 Å². The van der Waals surface area contributed by atoms with Crippen molar-refractivity contribution in [2.24, 2.45) is 7.05 Å². The Balaban J connectivity index is 0.600. The number of pyridine rings is 1. The van der Waals surface area contributed by atoms with Crippen molar-refractivity contribution in [2.75, 3.05) is 109 Å². The molecule has 5 aliphatic rings. The number of anilines is 2. The number of aryl methyl sites for hydroxylation is 1. The van der Waals surface area contributed by atoms with Gasteiger partial charge in [-0.15, -0.1) is 0 Å². The molecule has 3 aromatic heterocycles. The number of fused-ring (bicyclic) bond motifs is 5. The van der Waals surface area contributed by atoms with Crippen LogP contribution in [-0.2, 0) is 76.4 Å². The van der Waals surface area contributed by atoms with Crippen molar-refractivity contribution in [1.82, 2.24) is 77.2 Å². The SMILES string of the molecule is COc1ccc(C#CCNC2(C)CCN(C3CCN(c4nc([C@@](COCNC(=O)CNC(=O)[C@H](Cc5ccccc5)NC(=O)CNC(=O)CNC(=O)OCC5c6ccccc6-c6ccccc65)(OC5CC5)c5ccccc5)c5cc(-c6cn(C)c(=O)c7[nH]ccc67)ccc5n4)CC3)CC2)cc1N1CCC(=O)N(CNC(=O)CNC(=O)[C@H](CC(=O)O)NC(C)=O)C1=O. The number of rotatable bonds is 35. The molecule has 6 aromatic carbocycles. The lowest BCUT2D eigenvalue weighted by molar-refractivity contribution is -0.140. The first kappa shape index (κ1) is 88.4. The van der Waals surface area contributed by atoms with Crippen molar-refractivity contribution in [3.05, 3.63) is 208 Å². The summed E-state index contributed by atoms with van der Waals surface area (Å²) >= 11 is 0. The van der Waals surface area contributed by atoms with Crippen molar-refractivity contribution in [2.45, 2.75) is 113 Å². The number of ether oxygens (including phenoxy) is 4. The number of likely N-dealkylation sites (tertiary alicyclic amines) is 1. The molecule has 0 unspecified atom stereocenters. The number of nitrogens with zero attached hydrogens (tertiary/aromatic N) is 7. The summed E-state index contributed by atoms with van der Waals surface area (Å²) in [6.07, 6.45) is 6.71. The number of carbonyl (C=O) groups is 11. The normalized spacial score (nSPS) is 16.0. The fourth-order valence-electron chi connectivity index (χ4n) is 16.5. The van der Waals surface area contributed by atoms with Gasteiger partial charge in [0.25, 0.3) is 5.56 Å². The Morgan fingerprint density at radius 2 is 1.33 bits per heavy atom. The molecule has 6 heterocycles. The molecule has 9 aromatic rings. The van der Waals surface area contributed by atoms with E-state index in [-0.39, 0.29) is 68.5 Å². The van der Waals surface area contributed by atoms with Gasteiger partial charge in [-0.25, -0.2) is 24.5 Å². The molecule has 14 rings (SSSR count). The molecule has 11 amide bonds. The number of urea groups is 1. The quantitative estimate of drug-likeness (QED) is 0.0136. The number of carbonyl (C=O) groups excluding carboxylic acids is 10. The van der Waals surface area contributed by atoms with Gasteiger partial charge in [-0.3, -0.25) is 52.8 Å². The topological polar surface area (TPSA) is 430 Å². The minimum atomic E-state index is -1.43. The lowest BCUT2D eigenvalue weighted by Gasteiger charge is -2.45. The van der Waals surface area contributed by atoms with E-state index >= 15 is 0 Å². The highest BCUT2D eigenvalue weighted by molar-refractivity contribution is 6.07. The minimum absolute atomic E-state index is 0.0156. The zero-order valence-electron chi connectivity index (χ0n) is 70.3. The zero-order valence-corrected chi connectivity index (χ0v) is 70.3. The number of aliphatic carboxylic acids is 1. The Hall–Kier alpha value is -13.9. The fraction of sp³-hybridized carbons (Fsp3) is 0.370. The number of methoxy groups -OCH3 is 1. The maximum atomic E-state index is 14.1. The van der Waals surface area contributed by atoms with Crippen molar-refractivity contribution in [3.63, 3.8) is 0 Å². The van der Waals surface area contributed by atoms with Gasteiger partial charge in [-0.05, 0) is 121 Å². The summed E-state index contributed by atoms with van der Waals surface area (Å²) in [5.41, 5.74) is 7.97. The zero-order chi connectivity index (χ0) is 88.6. The number of hydrogen-bond acceptors (Lipinski definition) is 21. The van der Waals surface area contributed by atoms with E-state index in [0.717, 1.165) is 108 Å². The van der Waals surface area contributed by atoms with Crippen LogP contribution in [-0.4, -0.2) is 229 Å². The number of carboxylic acid groups (broad SMARTS) is 1. The number of aromatic amines is 1.